The van der Waals surface area contributed by atoms with Gasteiger partial charge in [0.15, 0.2) is 5.78 Å². The molecule has 0 aromatic rings. The van der Waals surface area contributed by atoms with Crippen LogP contribution in [-0.2, 0) is 4.79 Å². The first kappa shape index (κ1) is 9.21. The van der Waals surface area contributed by atoms with Crippen molar-refractivity contribution in [1.82, 2.24) is 0 Å². The Morgan fingerprint density at radius 3 is 1.90 bits per heavy atom. The van der Waals surface area contributed by atoms with Gasteiger partial charge in [-0.1, -0.05) is 20.8 Å². The molecule has 0 heterocycles. The molecule has 0 aromatic carbocycles. The maximum Gasteiger partial charge on any atom is 0.155 e. The Morgan fingerprint density at radius 1 is 1.40 bits per heavy atom. The lowest BCUT2D eigenvalue weighted by Gasteiger charge is -2.16. The molecular weight excluding hydrogens is 128 g/mol. The van der Waals surface area contributed by atoms with Gasteiger partial charge in [0.2, 0.25) is 0 Å². The van der Waals surface area contributed by atoms with Crippen LogP contribution in [0.2, 0.25) is 0 Å². The highest BCUT2D eigenvalue weighted by atomic mass is 16.3. The fourth-order valence-corrected chi connectivity index (χ4v) is 0.409. The van der Waals surface area contributed by atoms with Gasteiger partial charge in [0.05, 0.1) is 0 Å². The maximum atomic E-state index is 10.5. The fourth-order valence-electron chi connectivity index (χ4n) is 0.409. The summed E-state index contributed by atoms with van der Waals surface area (Å²) in [7, 11) is 0. The van der Waals surface area contributed by atoms with Crippen molar-refractivity contribution in [3.63, 3.8) is 0 Å². The Hall–Kier alpha value is -0.790. The van der Waals surface area contributed by atoms with E-state index in [0.29, 0.717) is 0 Å². The highest BCUT2D eigenvalue weighted by Crippen LogP contribution is 2.21. The lowest BCUT2D eigenvalue weighted by molar-refractivity contribution is -0.112. The molecule has 0 amide bonds. The fraction of sp³-hybridized carbons (Fsp3) is 0.625. The summed E-state index contributed by atoms with van der Waals surface area (Å²) in [5, 5.41) is 9.20. The van der Waals surface area contributed by atoms with Crippen LogP contribution < -0.4 is 0 Å². The second kappa shape index (κ2) is 2.86. The van der Waals surface area contributed by atoms with E-state index in [1.54, 1.807) is 0 Å². The van der Waals surface area contributed by atoms with E-state index in [2.05, 4.69) is 0 Å². The third-order valence-corrected chi connectivity index (χ3v) is 1.11. The van der Waals surface area contributed by atoms with Gasteiger partial charge in [-0.3, -0.25) is 4.79 Å². The number of aliphatic hydroxyl groups excluding tert-OH is 1. The molecule has 0 spiro atoms. The van der Waals surface area contributed by atoms with E-state index in [-0.39, 0.29) is 17.0 Å². The molecule has 0 aliphatic carbocycles. The molecule has 2 nitrogen and oxygen atoms in total. The first-order valence-corrected chi connectivity index (χ1v) is 3.26. The summed E-state index contributed by atoms with van der Waals surface area (Å²) < 4.78 is 0. The summed E-state index contributed by atoms with van der Waals surface area (Å²) in [5.41, 5.74) is -0.314. The van der Waals surface area contributed by atoms with E-state index in [9.17, 15) is 9.90 Å². The summed E-state index contributed by atoms with van der Waals surface area (Å²) in [4.78, 5) is 10.5. The monoisotopic (exact) mass is 142 g/mol. The number of ketones is 1. The zero-order valence-electron chi connectivity index (χ0n) is 6.93. The quantitative estimate of drug-likeness (QED) is 0.449. The van der Waals surface area contributed by atoms with Crippen molar-refractivity contribution in [2.75, 3.05) is 0 Å². The SMILES string of the molecule is CC(=O)C=C(O)C(C)(C)C. The molecule has 0 aliphatic rings. The van der Waals surface area contributed by atoms with E-state index in [1.807, 2.05) is 20.8 Å². The first-order chi connectivity index (χ1) is 4.34. The molecule has 1 N–H and O–H groups in total. The second-order valence-corrected chi connectivity index (χ2v) is 3.39. The Morgan fingerprint density at radius 2 is 1.80 bits per heavy atom. The number of carbonyl (C=O) groups is 1. The normalized spacial score (nSPS) is 13.4. The van der Waals surface area contributed by atoms with Crippen LogP contribution in [0, 0.1) is 5.41 Å². The van der Waals surface area contributed by atoms with Crippen LogP contribution in [0.1, 0.15) is 27.7 Å². The van der Waals surface area contributed by atoms with Gasteiger partial charge in [0.25, 0.3) is 0 Å². The molecule has 58 valence electrons. The van der Waals surface area contributed by atoms with Crippen molar-refractivity contribution in [2.45, 2.75) is 27.7 Å². The molecule has 0 bridgehead atoms. The summed E-state index contributed by atoms with van der Waals surface area (Å²) in [5.74, 6) is 0.0208. The van der Waals surface area contributed by atoms with Gasteiger partial charge in [-0.2, -0.15) is 0 Å². The number of hydrogen-bond acceptors (Lipinski definition) is 2. The van der Waals surface area contributed by atoms with Gasteiger partial charge in [-0.15, -0.1) is 0 Å². The van der Waals surface area contributed by atoms with Crippen LogP contribution in [0.4, 0.5) is 0 Å². The van der Waals surface area contributed by atoms with Crippen molar-refractivity contribution in [2.24, 2.45) is 5.41 Å². The standard InChI is InChI=1S/C8H14O2/c1-6(9)5-7(10)8(2,3)4/h5,10H,1-4H3. The van der Waals surface area contributed by atoms with E-state index in [1.165, 1.54) is 13.0 Å². The van der Waals surface area contributed by atoms with Crippen molar-refractivity contribution >= 4 is 5.78 Å². The van der Waals surface area contributed by atoms with Crippen LogP contribution in [0.15, 0.2) is 11.8 Å². The van der Waals surface area contributed by atoms with Gasteiger partial charge in [-0.25, -0.2) is 0 Å². The third kappa shape index (κ3) is 3.28. The predicted molar refractivity (Wildman–Crippen MR) is 40.8 cm³/mol. The lowest BCUT2D eigenvalue weighted by Crippen LogP contribution is -2.09. The number of rotatable bonds is 1. The molecule has 0 rings (SSSR count). The van der Waals surface area contributed by atoms with E-state index in [4.69, 9.17) is 0 Å². The highest BCUT2D eigenvalue weighted by molar-refractivity contribution is 5.87. The second-order valence-electron chi connectivity index (χ2n) is 3.39. The molecule has 0 radical (unpaired) electrons. The first-order valence-electron chi connectivity index (χ1n) is 3.26. The minimum Gasteiger partial charge on any atom is -0.512 e. The average Bonchev–Trinajstić information content (AvgIpc) is 1.60. The number of hydrogen-bond donors (Lipinski definition) is 1. The van der Waals surface area contributed by atoms with E-state index < -0.39 is 0 Å². The minimum atomic E-state index is -0.314. The molecule has 0 unspecified atom stereocenters. The average molecular weight is 142 g/mol. The van der Waals surface area contributed by atoms with E-state index >= 15 is 0 Å². The zero-order chi connectivity index (χ0) is 8.36. The maximum absolute atomic E-state index is 10.5. The molecule has 0 saturated carbocycles. The number of carbonyl (C=O) groups excluding carboxylic acids is 1. The number of aliphatic hydroxyl groups is 1. The largest absolute Gasteiger partial charge is 0.512 e. The Kier molecular flexibility index (Phi) is 2.64. The van der Waals surface area contributed by atoms with Gasteiger partial charge in [0.1, 0.15) is 5.76 Å². The molecule has 0 fully saturated rings. The summed E-state index contributed by atoms with van der Waals surface area (Å²) in [6, 6.07) is 0. The minimum absolute atomic E-state index is 0.118. The van der Waals surface area contributed by atoms with Crippen LogP contribution in [0.5, 0.6) is 0 Å². The molecule has 0 aliphatic heterocycles. The molecule has 0 saturated heterocycles. The molecule has 10 heavy (non-hydrogen) atoms. The van der Waals surface area contributed by atoms with Gasteiger partial charge in [0, 0.05) is 11.5 Å². The Balaban J connectivity index is 4.35. The summed E-state index contributed by atoms with van der Waals surface area (Å²) in [6.45, 7) is 6.97. The topological polar surface area (TPSA) is 37.3 Å². The van der Waals surface area contributed by atoms with Crippen LogP contribution in [0.25, 0.3) is 0 Å². The van der Waals surface area contributed by atoms with Gasteiger partial charge >= 0.3 is 0 Å². The van der Waals surface area contributed by atoms with Crippen molar-refractivity contribution in [3.05, 3.63) is 11.8 Å². The summed E-state index contributed by atoms with van der Waals surface area (Å²) >= 11 is 0. The van der Waals surface area contributed by atoms with Crippen LogP contribution >= 0.6 is 0 Å². The van der Waals surface area contributed by atoms with E-state index in [0.717, 1.165) is 0 Å². The summed E-state index contributed by atoms with van der Waals surface area (Å²) in [6.07, 6.45) is 1.25. The highest BCUT2D eigenvalue weighted by Gasteiger charge is 2.15. The Bertz CT molecular complexity index is 161. The Labute approximate surface area is 61.6 Å². The van der Waals surface area contributed by atoms with Crippen molar-refractivity contribution in [3.8, 4) is 0 Å². The molecular formula is C8H14O2. The molecule has 0 atom stereocenters. The zero-order valence-corrected chi connectivity index (χ0v) is 6.93. The number of allylic oxidation sites excluding steroid dienone is 2. The lowest BCUT2D eigenvalue weighted by atomic mass is 9.93. The smallest absolute Gasteiger partial charge is 0.155 e. The van der Waals surface area contributed by atoms with Gasteiger partial charge in [-0.05, 0) is 6.92 Å². The van der Waals surface area contributed by atoms with Crippen LogP contribution in [-0.4, -0.2) is 10.9 Å². The van der Waals surface area contributed by atoms with Gasteiger partial charge < -0.3 is 5.11 Å². The van der Waals surface area contributed by atoms with Crippen molar-refractivity contribution < 1.29 is 9.90 Å². The van der Waals surface area contributed by atoms with Crippen molar-refractivity contribution in [1.29, 1.82) is 0 Å². The third-order valence-electron chi connectivity index (χ3n) is 1.11. The predicted octanol–water partition coefficient (Wildman–Crippen LogP) is 2.06. The molecule has 2 heteroatoms. The van der Waals surface area contributed by atoms with Crippen LogP contribution in [0.3, 0.4) is 0 Å². The molecule has 0 aromatic heterocycles.